The maximum absolute atomic E-state index is 2.41. The van der Waals surface area contributed by atoms with E-state index in [4.69, 9.17) is 0 Å². The van der Waals surface area contributed by atoms with Gasteiger partial charge < -0.3 is 0 Å². The molecule has 0 aromatic heterocycles. The lowest BCUT2D eigenvalue weighted by atomic mass is 9.93. The molecule has 0 heteroatoms. The summed E-state index contributed by atoms with van der Waals surface area (Å²) in [4.78, 5) is 0. The third-order valence-electron chi connectivity index (χ3n) is 4.60. The molecule has 1 aliphatic rings. The highest BCUT2D eigenvalue weighted by molar-refractivity contribution is 6.07. The summed E-state index contributed by atoms with van der Waals surface area (Å²) in [6, 6.07) is 20.3. The van der Waals surface area contributed by atoms with Crippen LogP contribution in [-0.2, 0) is 0 Å². The minimum atomic E-state index is 0.802. The Balaban J connectivity index is 1.92. The smallest absolute Gasteiger partial charge is 0.0105 e. The molecular weight excluding hydrogens is 228 g/mol. The van der Waals surface area contributed by atoms with Crippen molar-refractivity contribution in [2.45, 2.75) is 31.6 Å². The molecule has 3 aromatic rings. The molecule has 0 heterocycles. The molecule has 0 bridgehead atoms. The van der Waals surface area contributed by atoms with Crippen molar-refractivity contribution in [1.29, 1.82) is 0 Å². The first-order valence-corrected chi connectivity index (χ1v) is 7.33. The monoisotopic (exact) mass is 246 g/mol. The van der Waals surface area contributed by atoms with E-state index in [9.17, 15) is 0 Å². The average molecular weight is 246 g/mol. The maximum Gasteiger partial charge on any atom is -0.0105 e. The first-order valence-electron chi connectivity index (χ1n) is 7.33. The standard InChI is InChI=1S/C19H18/c1-2-6-14(5-1)16-11-12-19-17(13-16)10-9-15-7-3-4-8-18(15)19/h3-4,7-14H,1-2,5-6H2. The van der Waals surface area contributed by atoms with Gasteiger partial charge in [-0.2, -0.15) is 0 Å². The molecule has 3 aromatic carbocycles. The molecule has 94 valence electrons. The van der Waals surface area contributed by atoms with Crippen molar-refractivity contribution in [3.05, 3.63) is 60.2 Å². The Hall–Kier alpha value is -1.82. The van der Waals surface area contributed by atoms with Crippen molar-refractivity contribution in [3.8, 4) is 0 Å². The quantitative estimate of drug-likeness (QED) is 0.487. The normalized spacial score (nSPS) is 16.4. The largest absolute Gasteiger partial charge is 0.0616 e. The number of hydrogen-bond acceptors (Lipinski definition) is 0. The Labute approximate surface area is 114 Å². The SMILES string of the molecule is c1ccc2c(c1)ccc1cc(C3CCCC3)ccc12. The van der Waals surface area contributed by atoms with Crippen LogP contribution in [-0.4, -0.2) is 0 Å². The van der Waals surface area contributed by atoms with Gasteiger partial charge in [0.1, 0.15) is 0 Å². The predicted octanol–water partition coefficient (Wildman–Crippen LogP) is 5.65. The maximum atomic E-state index is 2.41. The van der Waals surface area contributed by atoms with Crippen LogP contribution in [0.1, 0.15) is 37.2 Å². The number of hydrogen-bond donors (Lipinski definition) is 0. The van der Waals surface area contributed by atoms with Crippen LogP contribution in [0.4, 0.5) is 0 Å². The van der Waals surface area contributed by atoms with Crippen LogP contribution >= 0.6 is 0 Å². The van der Waals surface area contributed by atoms with Crippen LogP contribution in [0.25, 0.3) is 21.5 Å². The van der Waals surface area contributed by atoms with E-state index in [0.717, 1.165) is 5.92 Å². The van der Waals surface area contributed by atoms with Gasteiger partial charge in [-0.3, -0.25) is 0 Å². The molecule has 0 saturated heterocycles. The van der Waals surface area contributed by atoms with E-state index in [2.05, 4.69) is 54.6 Å². The molecule has 0 atom stereocenters. The van der Waals surface area contributed by atoms with E-state index in [1.165, 1.54) is 47.2 Å². The summed E-state index contributed by atoms with van der Waals surface area (Å²) in [5, 5.41) is 5.49. The first-order chi connectivity index (χ1) is 9.42. The number of fused-ring (bicyclic) bond motifs is 3. The molecule has 0 aliphatic heterocycles. The van der Waals surface area contributed by atoms with Crippen LogP contribution in [0.15, 0.2) is 54.6 Å². The second-order valence-corrected chi connectivity index (χ2v) is 5.75. The first kappa shape index (κ1) is 11.0. The zero-order valence-electron chi connectivity index (χ0n) is 11.1. The fourth-order valence-corrected chi connectivity index (χ4v) is 3.54. The van der Waals surface area contributed by atoms with E-state index < -0.39 is 0 Å². The summed E-state index contributed by atoms with van der Waals surface area (Å²) in [5.41, 5.74) is 1.54. The van der Waals surface area contributed by atoms with Crippen molar-refractivity contribution < 1.29 is 0 Å². The van der Waals surface area contributed by atoms with Crippen LogP contribution in [0.5, 0.6) is 0 Å². The topological polar surface area (TPSA) is 0 Å². The van der Waals surface area contributed by atoms with Gasteiger partial charge in [-0.15, -0.1) is 0 Å². The molecule has 1 fully saturated rings. The highest BCUT2D eigenvalue weighted by Gasteiger charge is 2.17. The van der Waals surface area contributed by atoms with E-state index in [1.807, 2.05) is 0 Å². The van der Waals surface area contributed by atoms with Crippen molar-refractivity contribution in [3.63, 3.8) is 0 Å². The minimum absolute atomic E-state index is 0.802. The molecule has 1 saturated carbocycles. The van der Waals surface area contributed by atoms with Gasteiger partial charge in [-0.1, -0.05) is 67.4 Å². The summed E-state index contributed by atoms with van der Waals surface area (Å²) in [6.45, 7) is 0. The van der Waals surface area contributed by atoms with E-state index >= 15 is 0 Å². The summed E-state index contributed by atoms with van der Waals surface area (Å²) >= 11 is 0. The van der Waals surface area contributed by atoms with Gasteiger partial charge in [0.15, 0.2) is 0 Å². The zero-order valence-corrected chi connectivity index (χ0v) is 11.1. The number of benzene rings is 3. The van der Waals surface area contributed by atoms with Crippen molar-refractivity contribution in [2.24, 2.45) is 0 Å². The molecule has 0 radical (unpaired) electrons. The van der Waals surface area contributed by atoms with Gasteiger partial charge in [0.2, 0.25) is 0 Å². The van der Waals surface area contributed by atoms with Gasteiger partial charge in [-0.05, 0) is 45.9 Å². The molecule has 19 heavy (non-hydrogen) atoms. The van der Waals surface area contributed by atoms with Gasteiger partial charge in [0, 0.05) is 0 Å². The summed E-state index contributed by atoms with van der Waals surface area (Å²) in [7, 11) is 0. The van der Waals surface area contributed by atoms with Crippen LogP contribution in [0.3, 0.4) is 0 Å². The molecule has 0 amide bonds. The summed E-state index contributed by atoms with van der Waals surface area (Å²) < 4.78 is 0. The van der Waals surface area contributed by atoms with Gasteiger partial charge in [0.25, 0.3) is 0 Å². The van der Waals surface area contributed by atoms with Gasteiger partial charge in [-0.25, -0.2) is 0 Å². The molecule has 1 aliphatic carbocycles. The molecule has 0 nitrogen and oxygen atoms in total. The average Bonchev–Trinajstić information content (AvgIpc) is 3.01. The van der Waals surface area contributed by atoms with Gasteiger partial charge >= 0.3 is 0 Å². The predicted molar refractivity (Wildman–Crippen MR) is 82.7 cm³/mol. The van der Waals surface area contributed by atoms with Crippen molar-refractivity contribution in [1.82, 2.24) is 0 Å². The third-order valence-corrected chi connectivity index (χ3v) is 4.60. The van der Waals surface area contributed by atoms with E-state index in [-0.39, 0.29) is 0 Å². The van der Waals surface area contributed by atoms with Crippen LogP contribution < -0.4 is 0 Å². The van der Waals surface area contributed by atoms with Crippen molar-refractivity contribution >= 4 is 21.5 Å². The Morgan fingerprint density at radius 1 is 0.684 bits per heavy atom. The van der Waals surface area contributed by atoms with Crippen molar-refractivity contribution in [2.75, 3.05) is 0 Å². The third kappa shape index (κ3) is 1.83. The summed E-state index contributed by atoms with van der Waals surface area (Å²) in [5.74, 6) is 0.802. The van der Waals surface area contributed by atoms with E-state index in [0.29, 0.717) is 0 Å². The Morgan fingerprint density at radius 3 is 2.32 bits per heavy atom. The Kier molecular flexibility index (Phi) is 2.55. The summed E-state index contributed by atoms with van der Waals surface area (Å²) in [6.07, 6.45) is 5.55. The molecular formula is C19H18. The number of rotatable bonds is 1. The fraction of sp³-hybridized carbons (Fsp3) is 0.263. The molecule has 4 rings (SSSR count). The van der Waals surface area contributed by atoms with Gasteiger partial charge in [0.05, 0.1) is 0 Å². The lowest BCUT2D eigenvalue weighted by Gasteiger charge is -2.11. The second-order valence-electron chi connectivity index (χ2n) is 5.75. The Morgan fingerprint density at radius 2 is 1.42 bits per heavy atom. The molecule has 0 N–H and O–H groups in total. The highest BCUT2D eigenvalue weighted by Crippen LogP contribution is 2.36. The molecule has 0 unspecified atom stereocenters. The minimum Gasteiger partial charge on any atom is -0.0616 e. The second kappa shape index (κ2) is 4.38. The zero-order chi connectivity index (χ0) is 12.7. The lowest BCUT2D eigenvalue weighted by molar-refractivity contribution is 0.724. The fourth-order valence-electron chi connectivity index (χ4n) is 3.54. The Bertz CT molecular complexity index is 733. The van der Waals surface area contributed by atoms with E-state index in [1.54, 1.807) is 5.56 Å². The van der Waals surface area contributed by atoms with Crippen LogP contribution in [0, 0.1) is 0 Å². The van der Waals surface area contributed by atoms with Crippen LogP contribution in [0.2, 0.25) is 0 Å². The molecule has 0 spiro atoms. The lowest BCUT2D eigenvalue weighted by Crippen LogP contribution is -1.91. The highest BCUT2D eigenvalue weighted by atomic mass is 14.2.